The summed E-state index contributed by atoms with van der Waals surface area (Å²) in [6.45, 7) is 3.25. The van der Waals surface area contributed by atoms with Crippen LogP contribution in [0.4, 0.5) is 14.9 Å². The highest BCUT2D eigenvalue weighted by Crippen LogP contribution is 2.29. The molecule has 0 atom stereocenters. The summed E-state index contributed by atoms with van der Waals surface area (Å²) >= 11 is 0. The second kappa shape index (κ2) is 4.79. The van der Waals surface area contributed by atoms with Crippen LogP contribution in [0, 0.1) is 11.7 Å². The molecule has 1 heterocycles. The molecule has 1 aromatic carbocycles. The van der Waals surface area contributed by atoms with Gasteiger partial charge >= 0.3 is 6.03 Å². The monoisotopic (exact) mass is 264 g/mol. The number of carbonyl (C=O) groups is 3. The fraction of sp³-hybridized carbons (Fsp3) is 0.308. The van der Waals surface area contributed by atoms with E-state index < -0.39 is 23.7 Å². The summed E-state index contributed by atoms with van der Waals surface area (Å²) in [7, 11) is 0. The van der Waals surface area contributed by atoms with Crippen molar-refractivity contribution in [3.63, 3.8) is 0 Å². The van der Waals surface area contributed by atoms with Crippen molar-refractivity contribution in [3.05, 3.63) is 29.6 Å². The van der Waals surface area contributed by atoms with Crippen molar-refractivity contribution in [2.75, 3.05) is 4.90 Å². The molecule has 1 aliphatic heterocycles. The Kier molecular flexibility index (Phi) is 3.33. The molecule has 0 fully saturated rings. The number of benzene rings is 1. The number of anilines is 1. The summed E-state index contributed by atoms with van der Waals surface area (Å²) in [5.74, 6) is -1.88. The number of halogens is 1. The van der Waals surface area contributed by atoms with E-state index >= 15 is 0 Å². The topological polar surface area (TPSA) is 66.5 Å². The average Bonchev–Trinajstić information content (AvgIpc) is 2.64. The van der Waals surface area contributed by atoms with Gasteiger partial charge in [0.05, 0.1) is 12.1 Å². The van der Waals surface area contributed by atoms with Gasteiger partial charge in [0.15, 0.2) is 0 Å². The van der Waals surface area contributed by atoms with Crippen molar-refractivity contribution >= 4 is 23.5 Å². The fourth-order valence-electron chi connectivity index (χ4n) is 1.80. The summed E-state index contributed by atoms with van der Waals surface area (Å²) in [5, 5.41) is 2.12. The molecule has 1 aromatic rings. The minimum absolute atomic E-state index is 0.0267. The fourth-order valence-corrected chi connectivity index (χ4v) is 1.80. The van der Waals surface area contributed by atoms with E-state index in [9.17, 15) is 18.8 Å². The van der Waals surface area contributed by atoms with Gasteiger partial charge in [-0.05, 0) is 17.7 Å². The minimum atomic E-state index is -0.840. The van der Waals surface area contributed by atoms with Crippen LogP contribution in [0.25, 0.3) is 0 Å². The molecule has 0 aliphatic carbocycles. The van der Waals surface area contributed by atoms with Gasteiger partial charge in [-0.2, -0.15) is 0 Å². The molecule has 0 saturated carbocycles. The maximum Gasteiger partial charge on any atom is 0.335 e. The molecule has 0 bridgehead atoms. The lowest BCUT2D eigenvalue weighted by Gasteiger charge is -2.16. The zero-order chi connectivity index (χ0) is 14.2. The van der Waals surface area contributed by atoms with Crippen LogP contribution >= 0.6 is 0 Å². The Morgan fingerprint density at radius 3 is 2.68 bits per heavy atom. The maximum absolute atomic E-state index is 13.2. The van der Waals surface area contributed by atoms with Gasteiger partial charge in [-0.1, -0.05) is 19.9 Å². The van der Waals surface area contributed by atoms with Crippen molar-refractivity contribution in [1.29, 1.82) is 0 Å². The van der Waals surface area contributed by atoms with Gasteiger partial charge in [-0.25, -0.2) is 14.1 Å². The number of fused-ring (bicyclic) bond motifs is 1. The van der Waals surface area contributed by atoms with E-state index in [0.29, 0.717) is 5.56 Å². The first-order valence-electron chi connectivity index (χ1n) is 5.86. The zero-order valence-corrected chi connectivity index (χ0v) is 10.6. The summed E-state index contributed by atoms with van der Waals surface area (Å²) in [4.78, 5) is 35.9. The van der Waals surface area contributed by atoms with Crippen molar-refractivity contribution in [2.24, 2.45) is 5.92 Å². The number of amides is 4. The lowest BCUT2D eigenvalue weighted by Crippen LogP contribution is -2.45. The molecule has 0 radical (unpaired) electrons. The largest absolute Gasteiger partial charge is 0.335 e. The highest BCUT2D eigenvalue weighted by atomic mass is 19.1. The lowest BCUT2D eigenvalue weighted by atomic mass is 10.2. The number of hydrogen-bond donors (Lipinski definition) is 1. The highest BCUT2D eigenvalue weighted by molar-refractivity contribution is 6.21. The van der Waals surface area contributed by atoms with Gasteiger partial charge in [0.1, 0.15) is 5.82 Å². The Hall–Kier alpha value is -2.24. The Bertz CT molecular complexity index is 569. The number of hydrogen-bond acceptors (Lipinski definition) is 3. The molecule has 1 aliphatic rings. The predicted octanol–water partition coefficient (Wildman–Crippen LogP) is 1.61. The molecule has 6 heteroatoms. The molecule has 0 aromatic heterocycles. The molecule has 5 nitrogen and oxygen atoms in total. The van der Waals surface area contributed by atoms with Crippen molar-refractivity contribution in [1.82, 2.24) is 5.32 Å². The van der Waals surface area contributed by atoms with Crippen LogP contribution in [-0.4, -0.2) is 17.8 Å². The van der Waals surface area contributed by atoms with Gasteiger partial charge in [0, 0.05) is 5.92 Å². The first-order chi connectivity index (χ1) is 8.90. The van der Waals surface area contributed by atoms with Crippen LogP contribution in [-0.2, 0) is 16.0 Å². The maximum atomic E-state index is 13.2. The second-order valence-electron chi connectivity index (χ2n) is 4.63. The SMILES string of the molecule is CC(C)C(=O)NC(=O)N1C(=O)Cc2ccc(F)cc21. The Morgan fingerprint density at radius 2 is 2.05 bits per heavy atom. The van der Waals surface area contributed by atoms with E-state index in [-0.39, 0.29) is 18.0 Å². The predicted molar refractivity (Wildman–Crippen MR) is 66.0 cm³/mol. The van der Waals surface area contributed by atoms with Crippen molar-refractivity contribution in [3.8, 4) is 0 Å². The van der Waals surface area contributed by atoms with E-state index in [4.69, 9.17) is 0 Å². The number of urea groups is 1. The van der Waals surface area contributed by atoms with Gasteiger partial charge in [0.25, 0.3) is 0 Å². The summed E-state index contributed by atoms with van der Waals surface area (Å²) in [5.41, 5.74) is 0.762. The normalized spacial score (nSPS) is 13.7. The average molecular weight is 264 g/mol. The summed E-state index contributed by atoms with van der Waals surface area (Å²) < 4.78 is 13.2. The van der Waals surface area contributed by atoms with E-state index in [0.717, 1.165) is 11.0 Å². The molecule has 1 N–H and O–H groups in total. The Labute approximate surface area is 109 Å². The van der Waals surface area contributed by atoms with E-state index in [2.05, 4.69) is 5.32 Å². The lowest BCUT2D eigenvalue weighted by molar-refractivity contribution is -0.122. The molecule has 0 spiro atoms. The van der Waals surface area contributed by atoms with Crippen LogP contribution < -0.4 is 10.2 Å². The van der Waals surface area contributed by atoms with Gasteiger partial charge < -0.3 is 0 Å². The smallest absolute Gasteiger partial charge is 0.277 e. The standard InChI is InChI=1S/C13H13FN2O3/c1-7(2)12(18)15-13(19)16-10-6-9(14)4-3-8(10)5-11(16)17/h3-4,6-7H,5H2,1-2H3,(H,15,18,19). The molecule has 19 heavy (non-hydrogen) atoms. The van der Waals surface area contributed by atoms with Gasteiger partial charge in [-0.3, -0.25) is 14.9 Å². The number of carbonyl (C=O) groups excluding carboxylic acids is 3. The number of nitrogens with zero attached hydrogens (tertiary/aromatic N) is 1. The van der Waals surface area contributed by atoms with Gasteiger partial charge in [0.2, 0.25) is 11.8 Å². The van der Waals surface area contributed by atoms with Crippen LogP contribution in [0.1, 0.15) is 19.4 Å². The quantitative estimate of drug-likeness (QED) is 0.838. The molecule has 0 unspecified atom stereocenters. The van der Waals surface area contributed by atoms with Gasteiger partial charge in [-0.15, -0.1) is 0 Å². The molecule has 100 valence electrons. The summed E-state index contributed by atoms with van der Waals surface area (Å²) in [6.07, 6.45) is 0.0267. The van der Waals surface area contributed by atoms with Crippen LogP contribution in [0.3, 0.4) is 0 Å². The minimum Gasteiger partial charge on any atom is -0.277 e. The number of nitrogens with one attached hydrogen (secondary N) is 1. The second-order valence-corrected chi connectivity index (χ2v) is 4.63. The van der Waals surface area contributed by atoms with Crippen molar-refractivity contribution < 1.29 is 18.8 Å². The van der Waals surface area contributed by atoms with Crippen molar-refractivity contribution in [2.45, 2.75) is 20.3 Å². The third kappa shape index (κ3) is 2.47. The number of imide groups is 2. The zero-order valence-electron chi connectivity index (χ0n) is 10.6. The van der Waals surface area contributed by atoms with E-state index in [1.165, 1.54) is 12.1 Å². The first kappa shape index (κ1) is 13.2. The van der Waals surface area contributed by atoms with Crippen LogP contribution in [0.5, 0.6) is 0 Å². The molecule has 2 rings (SSSR count). The highest BCUT2D eigenvalue weighted by Gasteiger charge is 2.33. The van der Waals surface area contributed by atoms with Crippen LogP contribution in [0.2, 0.25) is 0 Å². The molecule has 4 amide bonds. The first-order valence-corrected chi connectivity index (χ1v) is 5.86. The van der Waals surface area contributed by atoms with Crippen LogP contribution in [0.15, 0.2) is 18.2 Å². The Morgan fingerprint density at radius 1 is 1.37 bits per heavy atom. The third-order valence-corrected chi connectivity index (χ3v) is 2.84. The van der Waals surface area contributed by atoms with E-state index in [1.54, 1.807) is 13.8 Å². The molecule has 0 saturated heterocycles. The Balaban J connectivity index is 2.26. The summed E-state index contributed by atoms with van der Waals surface area (Å²) in [6, 6.07) is 2.96. The number of rotatable bonds is 1. The third-order valence-electron chi connectivity index (χ3n) is 2.84. The molecular formula is C13H13FN2O3. The van der Waals surface area contributed by atoms with E-state index in [1.807, 2.05) is 0 Å². The molecular weight excluding hydrogens is 251 g/mol.